The Morgan fingerprint density at radius 3 is 2.33 bits per heavy atom. The van der Waals surface area contributed by atoms with E-state index in [2.05, 4.69) is 6.92 Å². The van der Waals surface area contributed by atoms with Crippen LogP contribution in [0.4, 0.5) is 0 Å². The summed E-state index contributed by atoms with van der Waals surface area (Å²) in [5.41, 5.74) is 0. The van der Waals surface area contributed by atoms with E-state index in [0.29, 0.717) is 5.92 Å². The van der Waals surface area contributed by atoms with Gasteiger partial charge in [-0.2, -0.15) is 0 Å². The van der Waals surface area contributed by atoms with E-state index in [4.69, 9.17) is 6.58 Å². The molecule has 0 bridgehead atoms. The van der Waals surface area contributed by atoms with Crippen LogP contribution < -0.4 is 0 Å². The van der Waals surface area contributed by atoms with E-state index in [-0.39, 0.29) is 0 Å². The molecular formula is C6H10. The molecule has 6 heavy (non-hydrogen) atoms. The summed E-state index contributed by atoms with van der Waals surface area (Å²) in [6, 6.07) is 0. The van der Waals surface area contributed by atoms with Gasteiger partial charge in [0.1, 0.15) is 0 Å². The van der Waals surface area contributed by atoms with Crippen molar-refractivity contribution in [1.29, 1.82) is 0 Å². The Labute approximate surface area is 39.9 Å². The fourth-order valence-electron chi connectivity index (χ4n) is 0.118. The highest BCUT2D eigenvalue weighted by Gasteiger charge is 1.84. The van der Waals surface area contributed by atoms with Crippen LogP contribution in [0.25, 0.3) is 0 Å². The average Bonchev–Trinajstić information content (AvgIpc) is 1.65. The third-order valence-corrected chi connectivity index (χ3v) is 0.928. The van der Waals surface area contributed by atoms with Crippen LogP contribution in [0.2, 0.25) is 0 Å². The van der Waals surface area contributed by atoms with Gasteiger partial charge < -0.3 is 0 Å². The van der Waals surface area contributed by atoms with Crippen LogP contribution in [0.5, 0.6) is 0 Å². The van der Waals surface area contributed by atoms with Crippen molar-refractivity contribution in [2.75, 3.05) is 0 Å². The zero-order chi connectivity index (χ0) is 4.99. The van der Waals surface area contributed by atoms with Gasteiger partial charge in [0.05, 0.1) is 0 Å². The van der Waals surface area contributed by atoms with Crippen LogP contribution >= 0.6 is 0 Å². The van der Waals surface area contributed by atoms with Crippen molar-refractivity contribution in [3.8, 4) is 0 Å². The molecule has 0 aromatic rings. The zero-order valence-electron chi connectivity index (χ0n) is 4.36. The van der Waals surface area contributed by atoms with E-state index in [1.807, 2.05) is 6.92 Å². The van der Waals surface area contributed by atoms with E-state index < -0.39 is 0 Å². The van der Waals surface area contributed by atoms with Crippen LogP contribution in [-0.4, -0.2) is 0 Å². The van der Waals surface area contributed by atoms with E-state index >= 15 is 0 Å². The zero-order valence-corrected chi connectivity index (χ0v) is 4.36. The summed E-state index contributed by atoms with van der Waals surface area (Å²) in [5.74, 6) is 0.477. The number of hydrogen-bond acceptors (Lipinski definition) is 0. The van der Waals surface area contributed by atoms with Crippen molar-refractivity contribution < 1.29 is 0 Å². The summed E-state index contributed by atoms with van der Waals surface area (Å²) >= 11 is 0. The number of hydrogen-bond donors (Lipinski definition) is 0. The smallest absolute Gasteiger partial charge is 0.0143 e. The molecule has 0 heterocycles. The highest BCUT2D eigenvalue weighted by molar-refractivity contribution is 4.69. The Morgan fingerprint density at radius 2 is 2.33 bits per heavy atom. The third kappa shape index (κ3) is 2.01. The first kappa shape index (κ1) is 5.74. The Kier molecular flexibility index (Phi) is 2.82. The van der Waals surface area contributed by atoms with Crippen LogP contribution in [0.1, 0.15) is 20.3 Å². The molecule has 1 unspecified atom stereocenters. The van der Waals surface area contributed by atoms with Gasteiger partial charge in [-0.1, -0.05) is 26.3 Å². The van der Waals surface area contributed by atoms with Gasteiger partial charge in [-0.25, -0.2) is 0 Å². The number of rotatable bonds is 2. The first-order valence-electron chi connectivity index (χ1n) is 2.31. The van der Waals surface area contributed by atoms with Crippen molar-refractivity contribution in [2.45, 2.75) is 20.3 Å². The summed E-state index contributed by atoms with van der Waals surface area (Å²) in [6.07, 6.45) is 2.56. The molecule has 0 fully saturated rings. The second-order valence-corrected chi connectivity index (χ2v) is 1.55. The molecule has 0 rings (SSSR count). The maximum atomic E-state index is 6.68. The molecule has 34 valence electrons. The molecule has 0 aromatic heterocycles. The second-order valence-electron chi connectivity index (χ2n) is 1.55. The molecule has 2 radical (unpaired) electrons. The molecule has 0 aliphatic rings. The lowest BCUT2D eigenvalue weighted by atomic mass is 10.1. The minimum atomic E-state index is 0.477. The Bertz CT molecular complexity index is 37.3. The minimum Gasteiger partial charge on any atom is -0.0732 e. The molecule has 0 heteroatoms. The average molecular weight is 82.1 g/mol. The van der Waals surface area contributed by atoms with Gasteiger partial charge in [0, 0.05) is 0 Å². The Hall–Kier alpha value is -0.260. The van der Waals surface area contributed by atoms with E-state index in [1.165, 1.54) is 6.08 Å². The summed E-state index contributed by atoms with van der Waals surface area (Å²) in [6.45, 7) is 10.8. The number of allylic oxidation sites excluding steroid dienone is 1. The van der Waals surface area contributed by atoms with Crippen molar-refractivity contribution in [3.05, 3.63) is 12.7 Å². The fraction of sp³-hybridized carbons (Fsp3) is 0.667. The maximum Gasteiger partial charge on any atom is -0.0143 e. The lowest BCUT2D eigenvalue weighted by Gasteiger charge is -1.93. The van der Waals surface area contributed by atoms with Crippen LogP contribution in [0.3, 0.4) is 0 Å². The van der Waals surface area contributed by atoms with Crippen LogP contribution in [0.15, 0.2) is 6.08 Å². The molecular weight excluding hydrogens is 72.1 g/mol. The molecule has 0 saturated carbocycles. The van der Waals surface area contributed by atoms with Crippen molar-refractivity contribution in [2.24, 2.45) is 5.92 Å². The first-order valence-corrected chi connectivity index (χ1v) is 2.31. The summed E-state index contributed by atoms with van der Waals surface area (Å²) in [7, 11) is 0. The normalized spacial score (nSPS) is 13.7. The molecule has 0 aromatic carbocycles. The predicted molar refractivity (Wildman–Crippen MR) is 27.3 cm³/mol. The molecule has 0 nitrogen and oxygen atoms in total. The van der Waals surface area contributed by atoms with Gasteiger partial charge >= 0.3 is 0 Å². The first-order chi connectivity index (χ1) is 2.81. The molecule has 0 amide bonds. The summed E-state index contributed by atoms with van der Waals surface area (Å²) in [5, 5.41) is 0. The standard InChI is InChI=1S/C6H10/c1-4-6(3)5-2/h5-6H,4H2,1,3H3. The highest BCUT2D eigenvalue weighted by Crippen LogP contribution is 1.97. The minimum absolute atomic E-state index is 0.477. The van der Waals surface area contributed by atoms with Crippen LogP contribution in [0, 0.1) is 12.5 Å². The Morgan fingerprint density at radius 1 is 1.83 bits per heavy atom. The van der Waals surface area contributed by atoms with Gasteiger partial charge in [0.2, 0.25) is 0 Å². The predicted octanol–water partition coefficient (Wildman–Crippen LogP) is 1.90. The Balaban J connectivity index is 2.96. The van der Waals surface area contributed by atoms with Gasteiger partial charge in [-0.3, -0.25) is 0 Å². The van der Waals surface area contributed by atoms with Crippen molar-refractivity contribution in [1.82, 2.24) is 0 Å². The van der Waals surface area contributed by atoms with Gasteiger partial charge in [-0.05, 0) is 12.5 Å². The van der Waals surface area contributed by atoms with Gasteiger partial charge in [-0.15, -0.1) is 0 Å². The van der Waals surface area contributed by atoms with Crippen molar-refractivity contribution in [3.63, 3.8) is 0 Å². The molecule has 1 atom stereocenters. The summed E-state index contributed by atoms with van der Waals surface area (Å²) in [4.78, 5) is 0. The monoisotopic (exact) mass is 82.1 g/mol. The maximum absolute atomic E-state index is 6.68. The van der Waals surface area contributed by atoms with Crippen molar-refractivity contribution >= 4 is 0 Å². The third-order valence-electron chi connectivity index (χ3n) is 0.928. The highest BCUT2D eigenvalue weighted by atomic mass is 13.9. The summed E-state index contributed by atoms with van der Waals surface area (Å²) < 4.78 is 0. The lowest BCUT2D eigenvalue weighted by molar-refractivity contribution is 0.699. The molecule has 0 spiro atoms. The quantitative estimate of drug-likeness (QED) is 0.477. The molecule has 0 aliphatic carbocycles. The second kappa shape index (κ2) is 2.95. The van der Waals surface area contributed by atoms with Crippen LogP contribution in [-0.2, 0) is 0 Å². The van der Waals surface area contributed by atoms with Gasteiger partial charge in [0.15, 0.2) is 0 Å². The molecule has 0 N–H and O–H groups in total. The fourth-order valence-corrected chi connectivity index (χ4v) is 0.118. The van der Waals surface area contributed by atoms with E-state index in [1.54, 1.807) is 0 Å². The SMILES string of the molecule is [C]=CC(C)CC. The largest absolute Gasteiger partial charge is 0.0732 e. The van der Waals surface area contributed by atoms with E-state index in [0.717, 1.165) is 6.42 Å². The van der Waals surface area contributed by atoms with E-state index in [9.17, 15) is 0 Å². The molecule has 0 aliphatic heterocycles. The lowest BCUT2D eigenvalue weighted by Crippen LogP contribution is -1.80. The molecule has 0 saturated heterocycles. The van der Waals surface area contributed by atoms with Gasteiger partial charge in [0.25, 0.3) is 0 Å². The topological polar surface area (TPSA) is 0 Å².